The Hall–Kier alpha value is -1.06. The van der Waals surface area contributed by atoms with Gasteiger partial charge in [0.2, 0.25) is 0 Å². The third kappa shape index (κ3) is 4.00. The Morgan fingerprint density at radius 3 is 2.67 bits per heavy atom. The number of carboxylic acids is 1. The fourth-order valence-electron chi connectivity index (χ4n) is 1.87. The summed E-state index contributed by atoms with van der Waals surface area (Å²) in [4.78, 5) is 13.0. The molecule has 4 heteroatoms. The van der Waals surface area contributed by atoms with E-state index in [1.54, 1.807) is 12.1 Å². The van der Waals surface area contributed by atoms with Gasteiger partial charge in [0.15, 0.2) is 0 Å². The SMILES string of the molecule is CCCC(C)N(C)Cc1ccc(C(=O)O)cc1Cl. The summed E-state index contributed by atoms with van der Waals surface area (Å²) in [6, 6.07) is 5.39. The van der Waals surface area contributed by atoms with Gasteiger partial charge in [0.25, 0.3) is 0 Å². The highest BCUT2D eigenvalue weighted by atomic mass is 35.5. The first kappa shape index (κ1) is 15.0. The van der Waals surface area contributed by atoms with Crippen molar-refractivity contribution in [3.05, 3.63) is 34.3 Å². The number of carboxylic acid groups (broad SMARTS) is 1. The molecule has 3 nitrogen and oxygen atoms in total. The molecular weight excluding hydrogens is 250 g/mol. The molecule has 1 atom stereocenters. The van der Waals surface area contributed by atoms with Crippen LogP contribution in [0, 0.1) is 0 Å². The van der Waals surface area contributed by atoms with E-state index in [9.17, 15) is 4.79 Å². The van der Waals surface area contributed by atoms with Gasteiger partial charge in [-0.1, -0.05) is 31.0 Å². The van der Waals surface area contributed by atoms with Crippen molar-refractivity contribution < 1.29 is 9.90 Å². The summed E-state index contributed by atoms with van der Waals surface area (Å²) in [5.74, 6) is -0.948. The van der Waals surface area contributed by atoms with E-state index in [1.165, 1.54) is 6.07 Å². The van der Waals surface area contributed by atoms with Gasteiger partial charge in [-0.15, -0.1) is 0 Å². The van der Waals surface area contributed by atoms with Crippen LogP contribution in [0.15, 0.2) is 18.2 Å². The average Bonchev–Trinajstić information content (AvgIpc) is 2.31. The Labute approximate surface area is 113 Å². The van der Waals surface area contributed by atoms with Crippen molar-refractivity contribution in [3.8, 4) is 0 Å². The van der Waals surface area contributed by atoms with Gasteiger partial charge in [-0.2, -0.15) is 0 Å². The van der Waals surface area contributed by atoms with Crippen LogP contribution in [0.3, 0.4) is 0 Å². The Kier molecular flexibility index (Phi) is 5.63. The van der Waals surface area contributed by atoms with Crippen molar-refractivity contribution in [1.82, 2.24) is 4.90 Å². The molecule has 0 aromatic heterocycles. The van der Waals surface area contributed by atoms with Crippen LogP contribution in [-0.4, -0.2) is 29.1 Å². The normalized spacial score (nSPS) is 12.7. The molecule has 0 aliphatic rings. The molecule has 0 aliphatic carbocycles. The molecular formula is C14H20ClNO2. The predicted octanol–water partition coefficient (Wildman–Crippen LogP) is 3.66. The summed E-state index contributed by atoms with van der Waals surface area (Å²) < 4.78 is 0. The molecule has 0 radical (unpaired) electrons. The third-order valence-corrected chi connectivity index (χ3v) is 3.53. The highest BCUT2D eigenvalue weighted by Crippen LogP contribution is 2.20. The number of benzene rings is 1. The van der Waals surface area contributed by atoms with Crippen LogP contribution in [0.4, 0.5) is 0 Å². The molecule has 0 amide bonds. The predicted molar refractivity (Wildman–Crippen MR) is 74.2 cm³/mol. The van der Waals surface area contributed by atoms with Crippen molar-refractivity contribution in [2.75, 3.05) is 7.05 Å². The summed E-state index contributed by atoms with van der Waals surface area (Å²) in [6.45, 7) is 5.09. The van der Waals surface area contributed by atoms with Crippen LogP contribution < -0.4 is 0 Å². The molecule has 1 unspecified atom stereocenters. The molecule has 18 heavy (non-hydrogen) atoms. The van der Waals surface area contributed by atoms with E-state index >= 15 is 0 Å². The van der Waals surface area contributed by atoms with Crippen molar-refractivity contribution >= 4 is 17.6 Å². The quantitative estimate of drug-likeness (QED) is 0.857. The smallest absolute Gasteiger partial charge is 0.335 e. The lowest BCUT2D eigenvalue weighted by molar-refractivity contribution is 0.0697. The summed E-state index contributed by atoms with van der Waals surface area (Å²) in [5, 5.41) is 9.39. The molecule has 0 spiro atoms. The number of hydrogen-bond donors (Lipinski definition) is 1. The standard InChI is InChI=1S/C14H20ClNO2/c1-4-5-10(2)16(3)9-12-7-6-11(14(17)18)8-13(12)15/h6-8,10H,4-5,9H2,1-3H3,(H,17,18). The van der Waals surface area contributed by atoms with E-state index in [0.717, 1.165) is 24.9 Å². The molecule has 100 valence electrons. The lowest BCUT2D eigenvalue weighted by Crippen LogP contribution is -2.28. The number of carbonyl (C=O) groups is 1. The molecule has 1 aromatic rings. The summed E-state index contributed by atoms with van der Waals surface area (Å²) >= 11 is 6.11. The first-order valence-corrected chi connectivity index (χ1v) is 6.55. The summed E-state index contributed by atoms with van der Waals surface area (Å²) in [6.07, 6.45) is 2.29. The summed E-state index contributed by atoms with van der Waals surface area (Å²) in [5.41, 5.74) is 1.19. The highest BCUT2D eigenvalue weighted by molar-refractivity contribution is 6.31. The minimum atomic E-state index is -0.948. The number of rotatable bonds is 6. The second-order valence-electron chi connectivity index (χ2n) is 4.66. The Morgan fingerprint density at radius 2 is 2.17 bits per heavy atom. The molecule has 0 aliphatic heterocycles. The maximum Gasteiger partial charge on any atom is 0.335 e. The lowest BCUT2D eigenvalue weighted by atomic mass is 10.1. The molecule has 0 bridgehead atoms. The molecule has 0 saturated carbocycles. The fraction of sp³-hybridized carbons (Fsp3) is 0.500. The second-order valence-corrected chi connectivity index (χ2v) is 5.07. The Morgan fingerprint density at radius 1 is 1.50 bits per heavy atom. The number of halogens is 1. The van der Waals surface area contributed by atoms with E-state index in [4.69, 9.17) is 16.7 Å². The monoisotopic (exact) mass is 269 g/mol. The molecule has 0 heterocycles. The van der Waals surface area contributed by atoms with E-state index < -0.39 is 5.97 Å². The van der Waals surface area contributed by atoms with Gasteiger partial charge < -0.3 is 5.11 Å². The molecule has 1 aromatic carbocycles. The number of hydrogen-bond acceptors (Lipinski definition) is 2. The number of aromatic carboxylic acids is 1. The van der Waals surface area contributed by atoms with Crippen LogP contribution in [0.2, 0.25) is 5.02 Å². The topological polar surface area (TPSA) is 40.5 Å². The van der Waals surface area contributed by atoms with Crippen LogP contribution in [0.1, 0.15) is 42.6 Å². The molecule has 0 saturated heterocycles. The maximum atomic E-state index is 10.8. The Balaban J connectivity index is 2.76. The van der Waals surface area contributed by atoms with Crippen LogP contribution in [0.5, 0.6) is 0 Å². The van der Waals surface area contributed by atoms with Gasteiger partial charge in [-0.05, 0) is 38.1 Å². The van der Waals surface area contributed by atoms with Gasteiger partial charge in [-0.25, -0.2) is 4.79 Å². The average molecular weight is 270 g/mol. The van der Waals surface area contributed by atoms with Crippen molar-refractivity contribution in [1.29, 1.82) is 0 Å². The van der Waals surface area contributed by atoms with Gasteiger partial charge in [-0.3, -0.25) is 4.90 Å². The van der Waals surface area contributed by atoms with Gasteiger partial charge in [0, 0.05) is 17.6 Å². The minimum absolute atomic E-state index is 0.230. The second kappa shape index (κ2) is 6.76. The van der Waals surface area contributed by atoms with Crippen LogP contribution >= 0.6 is 11.6 Å². The first-order chi connectivity index (χ1) is 8.45. The maximum absolute atomic E-state index is 10.8. The molecule has 0 fully saturated rings. The van der Waals surface area contributed by atoms with Crippen molar-refractivity contribution in [3.63, 3.8) is 0 Å². The van der Waals surface area contributed by atoms with E-state index in [-0.39, 0.29) is 5.56 Å². The fourth-order valence-corrected chi connectivity index (χ4v) is 2.11. The van der Waals surface area contributed by atoms with Gasteiger partial charge in [0.1, 0.15) is 0 Å². The number of nitrogens with zero attached hydrogens (tertiary/aromatic N) is 1. The van der Waals surface area contributed by atoms with Crippen LogP contribution in [0.25, 0.3) is 0 Å². The zero-order valence-electron chi connectivity index (χ0n) is 11.1. The lowest BCUT2D eigenvalue weighted by Gasteiger charge is -2.24. The van der Waals surface area contributed by atoms with Gasteiger partial charge in [0.05, 0.1) is 5.56 Å². The van der Waals surface area contributed by atoms with E-state index in [1.807, 2.05) is 0 Å². The van der Waals surface area contributed by atoms with Crippen molar-refractivity contribution in [2.45, 2.75) is 39.3 Å². The van der Waals surface area contributed by atoms with Crippen LogP contribution in [-0.2, 0) is 6.54 Å². The third-order valence-electron chi connectivity index (χ3n) is 3.18. The van der Waals surface area contributed by atoms with Crippen molar-refractivity contribution in [2.24, 2.45) is 0 Å². The highest BCUT2D eigenvalue weighted by Gasteiger charge is 2.12. The minimum Gasteiger partial charge on any atom is -0.478 e. The largest absolute Gasteiger partial charge is 0.478 e. The van der Waals surface area contributed by atoms with E-state index in [0.29, 0.717) is 11.1 Å². The zero-order valence-corrected chi connectivity index (χ0v) is 11.9. The van der Waals surface area contributed by atoms with Gasteiger partial charge >= 0.3 is 5.97 Å². The zero-order chi connectivity index (χ0) is 13.7. The molecule has 1 rings (SSSR count). The molecule has 1 N–H and O–H groups in total. The van der Waals surface area contributed by atoms with E-state index in [2.05, 4.69) is 25.8 Å². The Bertz CT molecular complexity index is 420. The summed E-state index contributed by atoms with van der Waals surface area (Å²) in [7, 11) is 2.06. The first-order valence-electron chi connectivity index (χ1n) is 6.17.